The highest BCUT2D eigenvalue weighted by Gasteiger charge is 2.23. The van der Waals surface area contributed by atoms with Crippen molar-refractivity contribution >= 4 is 0 Å². The van der Waals surface area contributed by atoms with E-state index in [4.69, 9.17) is 10.5 Å². The minimum atomic E-state index is -1.01. The van der Waals surface area contributed by atoms with Crippen molar-refractivity contribution in [2.24, 2.45) is 5.73 Å². The summed E-state index contributed by atoms with van der Waals surface area (Å²) in [6.45, 7) is 4.02. The van der Waals surface area contributed by atoms with Crippen LogP contribution in [0.4, 0.5) is 0 Å². The van der Waals surface area contributed by atoms with Gasteiger partial charge in [-0.25, -0.2) is 0 Å². The molecule has 0 aliphatic carbocycles. The Balaban J connectivity index is 1.99. The first-order chi connectivity index (χ1) is 10.0. The average molecular weight is 285 g/mol. The SMILES string of the molecule is CCC(N)c1ccc(OCC(C)(O)c2ccccc2)cc1. The third kappa shape index (κ3) is 4.06. The van der Waals surface area contributed by atoms with Gasteiger partial charge in [-0.15, -0.1) is 0 Å². The summed E-state index contributed by atoms with van der Waals surface area (Å²) in [7, 11) is 0. The van der Waals surface area contributed by atoms with Crippen LogP contribution in [-0.4, -0.2) is 11.7 Å². The zero-order valence-corrected chi connectivity index (χ0v) is 12.6. The Kier molecular flexibility index (Phi) is 4.99. The van der Waals surface area contributed by atoms with Gasteiger partial charge in [0.2, 0.25) is 0 Å². The molecule has 112 valence electrons. The Hall–Kier alpha value is -1.84. The van der Waals surface area contributed by atoms with E-state index in [9.17, 15) is 5.11 Å². The summed E-state index contributed by atoms with van der Waals surface area (Å²) < 4.78 is 5.70. The molecule has 0 spiro atoms. The molecule has 3 heteroatoms. The molecule has 0 saturated heterocycles. The lowest BCUT2D eigenvalue weighted by Gasteiger charge is -2.24. The molecule has 0 aliphatic heterocycles. The van der Waals surface area contributed by atoms with E-state index in [-0.39, 0.29) is 12.6 Å². The van der Waals surface area contributed by atoms with E-state index in [1.807, 2.05) is 54.6 Å². The van der Waals surface area contributed by atoms with Crippen LogP contribution in [0.25, 0.3) is 0 Å². The van der Waals surface area contributed by atoms with Crippen molar-refractivity contribution in [1.82, 2.24) is 0 Å². The first-order valence-corrected chi connectivity index (χ1v) is 7.29. The summed E-state index contributed by atoms with van der Waals surface area (Å²) in [6.07, 6.45) is 0.906. The Labute approximate surface area is 126 Å². The molecule has 0 heterocycles. The third-order valence-electron chi connectivity index (χ3n) is 3.66. The lowest BCUT2D eigenvalue weighted by molar-refractivity contribution is 0.00759. The van der Waals surface area contributed by atoms with Crippen LogP contribution < -0.4 is 10.5 Å². The summed E-state index contributed by atoms with van der Waals surface area (Å²) in [5.41, 5.74) is 6.91. The average Bonchev–Trinajstić information content (AvgIpc) is 2.53. The van der Waals surface area contributed by atoms with E-state index < -0.39 is 5.60 Å². The van der Waals surface area contributed by atoms with E-state index >= 15 is 0 Å². The molecule has 3 nitrogen and oxygen atoms in total. The number of ether oxygens (including phenoxy) is 1. The van der Waals surface area contributed by atoms with Crippen LogP contribution in [0.2, 0.25) is 0 Å². The van der Waals surface area contributed by atoms with Gasteiger partial charge in [0.25, 0.3) is 0 Å². The highest BCUT2D eigenvalue weighted by Crippen LogP contribution is 2.23. The van der Waals surface area contributed by atoms with E-state index in [1.165, 1.54) is 0 Å². The van der Waals surface area contributed by atoms with E-state index in [0.29, 0.717) is 0 Å². The van der Waals surface area contributed by atoms with E-state index in [1.54, 1.807) is 6.92 Å². The second-order valence-corrected chi connectivity index (χ2v) is 5.51. The zero-order valence-electron chi connectivity index (χ0n) is 12.6. The molecule has 0 fully saturated rings. The smallest absolute Gasteiger partial charge is 0.121 e. The van der Waals surface area contributed by atoms with Gasteiger partial charge in [-0.05, 0) is 36.6 Å². The summed E-state index contributed by atoms with van der Waals surface area (Å²) in [6, 6.07) is 17.3. The number of aliphatic hydroxyl groups is 1. The first-order valence-electron chi connectivity index (χ1n) is 7.29. The lowest BCUT2D eigenvalue weighted by Crippen LogP contribution is -2.29. The van der Waals surface area contributed by atoms with Gasteiger partial charge in [0.1, 0.15) is 18.0 Å². The number of hydrogen-bond acceptors (Lipinski definition) is 3. The van der Waals surface area contributed by atoms with Gasteiger partial charge in [-0.2, -0.15) is 0 Å². The molecule has 0 aromatic heterocycles. The van der Waals surface area contributed by atoms with E-state index in [2.05, 4.69) is 6.92 Å². The molecule has 0 aliphatic rings. The lowest BCUT2D eigenvalue weighted by atomic mass is 9.97. The summed E-state index contributed by atoms with van der Waals surface area (Å²) in [5, 5.41) is 10.5. The number of nitrogens with two attached hydrogens (primary N) is 1. The van der Waals surface area contributed by atoms with Crippen molar-refractivity contribution in [3.05, 3.63) is 65.7 Å². The predicted octanol–water partition coefficient (Wildman–Crippen LogP) is 3.38. The first kappa shape index (κ1) is 15.5. The molecule has 3 N–H and O–H groups in total. The molecule has 2 unspecified atom stereocenters. The number of hydrogen-bond donors (Lipinski definition) is 2. The largest absolute Gasteiger partial charge is 0.490 e. The fourth-order valence-electron chi connectivity index (χ4n) is 2.15. The molecule has 2 rings (SSSR count). The summed E-state index contributed by atoms with van der Waals surface area (Å²) in [5.74, 6) is 0.734. The van der Waals surface area contributed by atoms with Crippen molar-refractivity contribution in [3.63, 3.8) is 0 Å². The third-order valence-corrected chi connectivity index (χ3v) is 3.66. The molecule has 0 amide bonds. The van der Waals surface area contributed by atoms with E-state index in [0.717, 1.165) is 23.3 Å². The van der Waals surface area contributed by atoms with Crippen molar-refractivity contribution in [1.29, 1.82) is 0 Å². The molecule has 0 radical (unpaired) electrons. The minimum Gasteiger partial charge on any atom is -0.490 e. The van der Waals surface area contributed by atoms with Crippen LogP contribution in [0.5, 0.6) is 5.75 Å². The normalized spacial score (nSPS) is 15.2. The van der Waals surface area contributed by atoms with Gasteiger partial charge in [0, 0.05) is 6.04 Å². The van der Waals surface area contributed by atoms with Gasteiger partial charge in [0.05, 0.1) is 0 Å². The topological polar surface area (TPSA) is 55.5 Å². The maximum Gasteiger partial charge on any atom is 0.121 e. The number of rotatable bonds is 6. The fourth-order valence-corrected chi connectivity index (χ4v) is 2.15. The van der Waals surface area contributed by atoms with Crippen molar-refractivity contribution in [3.8, 4) is 5.75 Å². The monoisotopic (exact) mass is 285 g/mol. The Bertz CT molecular complexity index is 549. The Morgan fingerprint density at radius 3 is 2.29 bits per heavy atom. The zero-order chi connectivity index (χ0) is 15.3. The molecule has 2 aromatic carbocycles. The minimum absolute atomic E-state index is 0.0616. The summed E-state index contributed by atoms with van der Waals surface area (Å²) >= 11 is 0. The Morgan fingerprint density at radius 2 is 1.71 bits per heavy atom. The molecular weight excluding hydrogens is 262 g/mol. The maximum atomic E-state index is 10.5. The van der Waals surface area contributed by atoms with Gasteiger partial charge in [0.15, 0.2) is 0 Å². The second kappa shape index (κ2) is 6.74. The van der Waals surface area contributed by atoms with Crippen LogP contribution in [0.15, 0.2) is 54.6 Å². The Morgan fingerprint density at radius 1 is 1.10 bits per heavy atom. The van der Waals surface area contributed by atoms with Crippen LogP contribution in [-0.2, 0) is 5.60 Å². The number of benzene rings is 2. The highest BCUT2D eigenvalue weighted by atomic mass is 16.5. The summed E-state index contributed by atoms with van der Waals surface area (Å²) in [4.78, 5) is 0. The van der Waals surface area contributed by atoms with Crippen LogP contribution in [0, 0.1) is 0 Å². The van der Waals surface area contributed by atoms with Gasteiger partial charge in [-0.3, -0.25) is 0 Å². The predicted molar refractivity (Wildman–Crippen MR) is 85.2 cm³/mol. The molecule has 0 bridgehead atoms. The molecule has 21 heavy (non-hydrogen) atoms. The van der Waals surface area contributed by atoms with Crippen LogP contribution in [0.1, 0.15) is 37.4 Å². The highest BCUT2D eigenvalue weighted by molar-refractivity contribution is 5.29. The van der Waals surface area contributed by atoms with Crippen LogP contribution >= 0.6 is 0 Å². The van der Waals surface area contributed by atoms with Gasteiger partial charge >= 0.3 is 0 Å². The molecular formula is C18H23NO2. The van der Waals surface area contributed by atoms with Crippen molar-refractivity contribution < 1.29 is 9.84 Å². The van der Waals surface area contributed by atoms with Gasteiger partial charge < -0.3 is 15.6 Å². The molecule has 2 atom stereocenters. The second-order valence-electron chi connectivity index (χ2n) is 5.51. The quantitative estimate of drug-likeness (QED) is 0.855. The van der Waals surface area contributed by atoms with Crippen LogP contribution in [0.3, 0.4) is 0 Å². The molecule has 0 saturated carbocycles. The van der Waals surface area contributed by atoms with Crippen molar-refractivity contribution in [2.45, 2.75) is 31.9 Å². The standard InChI is InChI=1S/C18H23NO2/c1-3-17(19)14-9-11-16(12-10-14)21-13-18(2,20)15-7-5-4-6-8-15/h4-12,17,20H,3,13,19H2,1-2H3. The molecule has 2 aromatic rings. The maximum absolute atomic E-state index is 10.5. The van der Waals surface area contributed by atoms with Gasteiger partial charge in [-0.1, -0.05) is 49.4 Å². The van der Waals surface area contributed by atoms with Crippen molar-refractivity contribution in [2.75, 3.05) is 6.61 Å². The fraction of sp³-hybridized carbons (Fsp3) is 0.333.